The number of benzene rings is 2. The summed E-state index contributed by atoms with van der Waals surface area (Å²) in [5.74, 6) is -0.186. The highest BCUT2D eigenvalue weighted by atomic mass is 19.1. The van der Waals surface area contributed by atoms with Gasteiger partial charge in [0.2, 0.25) is 5.55 Å². The first-order valence-electron chi connectivity index (χ1n) is 9.86. The van der Waals surface area contributed by atoms with Crippen LogP contribution in [0.25, 0.3) is 11.0 Å². The van der Waals surface area contributed by atoms with Gasteiger partial charge in [0.05, 0.1) is 18.9 Å². The number of nitrogens with zero attached hydrogens (tertiary/aromatic N) is 1. The van der Waals surface area contributed by atoms with Crippen molar-refractivity contribution < 1.29 is 23.1 Å². The second kappa shape index (κ2) is 8.67. The minimum absolute atomic E-state index is 0.0121. The molecule has 30 heavy (non-hydrogen) atoms. The van der Waals surface area contributed by atoms with E-state index >= 15 is 0 Å². The Morgan fingerprint density at radius 3 is 2.90 bits per heavy atom. The highest BCUT2D eigenvalue weighted by Gasteiger charge is 2.19. The fourth-order valence-electron chi connectivity index (χ4n) is 3.41. The van der Waals surface area contributed by atoms with Gasteiger partial charge in [0, 0.05) is 18.5 Å². The number of rotatable bonds is 5. The molecule has 0 saturated carbocycles. The summed E-state index contributed by atoms with van der Waals surface area (Å²) in [5, 5.41) is 3.59. The molecule has 0 radical (unpaired) electrons. The molecule has 156 valence electrons. The molecule has 0 spiro atoms. The smallest absolute Gasteiger partial charge is 0.256 e. The number of hydrogen-bond donors (Lipinski definition) is 1. The van der Waals surface area contributed by atoms with Gasteiger partial charge in [-0.05, 0) is 49.6 Å². The molecule has 3 aromatic rings. The molecule has 1 N–H and O–H groups in total. The van der Waals surface area contributed by atoms with Gasteiger partial charge >= 0.3 is 0 Å². The van der Waals surface area contributed by atoms with E-state index in [0.717, 1.165) is 12.8 Å². The average Bonchev–Trinajstić information content (AvgIpc) is 3.27. The van der Waals surface area contributed by atoms with E-state index in [1.165, 1.54) is 6.07 Å². The third-order valence-corrected chi connectivity index (χ3v) is 5.10. The summed E-state index contributed by atoms with van der Waals surface area (Å²) >= 11 is 0. The van der Waals surface area contributed by atoms with Crippen LogP contribution in [-0.2, 0) is 4.74 Å². The Hall–Kier alpha value is -3.19. The molecular weight excluding hydrogens is 387 g/mol. The largest absolute Gasteiger partial charge is 0.493 e. The van der Waals surface area contributed by atoms with E-state index in [1.807, 2.05) is 12.1 Å². The third-order valence-electron chi connectivity index (χ3n) is 5.10. The van der Waals surface area contributed by atoms with Crippen molar-refractivity contribution in [2.75, 3.05) is 20.3 Å². The first-order valence-corrected chi connectivity index (χ1v) is 9.86. The van der Waals surface area contributed by atoms with Gasteiger partial charge in [-0.15, -0.1) is 0 Å². The molecule has 1 aliphatic heterocycles. The van der Waals surface area contributed by atoms with E-state index < -0.39 is 0 Å². The highest BCUT2D eigenvalue weighted by Crippen LogP contribution is 2.25. The lowest BCUT2D eigenvalue weighted by Gasteiger charge is -2.12. The molecule has 0 aliphatic carbocycles. The monoisotopic (exact) mass is 410 g/mol. The predicted molar refractivity (Wildman–Crippen MR) is 110 cm³/mol. The SMILES string of the molecule is COc1cccc2cc(C(=O)NC[C@@H]3CCCO3)c(=Nc3ccc(C)c(F)c3)oc12. The maximum absolute atomic E-state index is 14.0. The Bertz CT molecular complexity index is 1150. The first kappa shape index (κ1) is 20.1. The van der Waals surface area contributed by atoms with Gasteiger partial charge in [-0.1, -0.05) is 18.2 Å². The lowest BCUT2D eigenvalue weighted by Crippen LogP contribution is -2.34. The van der Waals surface area contributed by atoms with Crippen LogP contribution in [0.15, 0.2) is 51.9 Å². The van der Waals surface area contributed by atoms with Crippen LogP contribution in [-0.4, -0.2) is 32.3 Å². The Balaban J connectivity index is 1.79. The van der Waals surface area contributed by atoms with E-state index in [9.17, 15) is 9.18 Å². The Morgan fingerprint density at radius 2 is 2.17 bits per heavy atom. The second-order valence-electron chi connectivity index (χ2n) is 7.23. The van der Waals surface area contributed by atoms with E-state index in [0.29, 0.717) is 41.1 Å². The molecule has 1 atom stereocenters. The number of carbonyl (C=O) groups is 1. The number of fused-ring (bicyclic) bond motifs is 1. The van der Waals surface area contributed by atoms with Gasteiger partial charge in [0.1, 0.15) is 11.4 Å². The Morgan fingerprint density at radius 1 is 1.30 bits per heavy atom. The van der Waals surface area contributed by atoms with Gasteiger partial charge < -0.3 is 19.2 Å². The second-order valence-corrected chi connectivity index (χ2v) is 7.23. The normalized spacial score (nSPS) is 16.8. The standard InChI is InChI=1S/C23H23FN2O4/c1-14-8-9-16(12-19(14)24)26-23-18(22(27)25-13-17-6-4-10-29-17)11-15-5-3-7-20(28-2)21(15)30-23/h3,5,7-9,11-12,17H,4,6,10,13H2,1-2H3,(H,25,27)/t17-/m0/s1. The van der Waals surface area contributed by atoms with E-state index in [-0.39, 0.29) is 28.9 Å². The lowest BCUT2D eigenvalue weighted by atomic mass is 10.1. The zero-order valence-corrected chi connectivity index (χ0v) is 16.9. The molecule has 0 bridgehead atoms. The fourth-order valence-corrected chi connectivity index (χ4v) is 3.41. The number of halogens is 1. The van der Waals surface area contributed by atoms with Crippen LogP contribution >= 0.6 is 0 Å². The number of para-hydroxylation sites is 1. The number of aryl methyl sites for hydroxylation is 1. The van der Waals surface area contributed by atoms with Crippen LogP contribution < -0.4 is 15.6 Å². The van der Waals surface area contributed by atoms with Gasteiger partial charge in [-0.2, -0.15) is 0 Å². The van der Waals surface area contributed by atoms with E-state index in [2.05, 4.69) is 10.3 Å². The number of ether oxygens (including phenoxy) is 2. The molecule has 7 heteroatoms. The maximum atomic E-state index is 14.0. The zero-order valence-electron chi connectivity index (χ0n) is 16.9. The molecular formula is C23H23FN2O4. The van der Waals surface area contributed by atoms with Gasteiger partial charge in [-0.25, -0.2) is 9.38 Å². The summed E-state index contributed by atoms with van der Waals surface area (Å²) in [6.45, 7) is 2.80. The summed E-state index contributed by atoms with van der Waals surface area (Å²) < 4.78 is 30.9. The summed E-state index contributed by atoms with van der Waals surface area (Å²) in [5.41, 5.74) is 1.67. The lowest BCUT2D eigenvalue weighted by molar-refractivity contribution is 0.0854. The zero-order chi connectivity index (χ0) is 21.1. The first-order chi connectivity index (χ1) is 14.5. The van der Waals surface area contributed by atoms with Crippen molar-refractivity contribution in [2.45, 2.75) is 25.9 Å². The van der Waals surface area contributed by atoms with Crippen molar-refractivity contribution >= 4 is 22.6 Å². The molecule has 2 heterocycles. The number of amides is 1. The quantitative estimate of drug-likeness (QED) is 0.689. The number of hydrogen-bond acceptors (Lipinski definition) is 5. The summed E-state index contributed by atoms with van der Waals surface area (Å²) in [7, 11) is 1.54. The van der Waals surface area contributed by atoms with Crippen molar-refractivity contribution in [1.82, 2.24) is 5.32 Å². The van der Waals surface area contributed by atoms with Gasteiger partial charge in [0.15, 0.2) is 11.3 Å². The third kappa shape index (κ3) is 4.21. The van der Waals surface area contributed by atoms with Crippen LogP contribution in [0.3, 0.4) is 0 Å². The Kier molecular flexibility index (Phi) is 5.81. The van der Waals surface area contributed by atoms with Crippen LogP contribution in [0.1, 0.15) is 28.8 Å². The maximum Gasteiger partial charge on any atom is 0.256 e. The molecule has 2 aromatic carbocycles. The summed E-state index contributed by atoms with van der Waals surface area (Å²) in [6.07, 6.45) is 1.92. The van der Waals surface area contributed by atoms with Crippen molar-refractivity contribution in [1.29, 1.82) is 0 Å². The van der Waals surface area contributed by atoms with Crippen LogP contribution in [0, 0.1) is 12.7 Å². The van der Waals surface area contributed by atoms with E-state index in [1.54, 1.807) is 38.3 Å². The molecule has 1 amide bonds. The molecule has 1 aromatic heterocycles. The topological polar surface area (TPSA) is 73.1 Å². The molecule has 1 aliphatic rings. The molecule has 1 fully saturated rings. The van der Waals surface area contributed by atoms with Crippen LogP contribution in [0.5, 0.6) is 5.75 Å². The van der Waals surface area contributed by atoms with Gasteiger partial charge in [-0.3, -0.25) is 4.79 Å². The van der Waals surface area contributed by atoms with E-state index in [4.69, 9.17) is 13.9 Å². The Labute approximate surface area is 173 Å². The van der Waals surface area contributed by atoms with Crippen molar-refractivity contribution in [3.05, 3.63) is 65.0 Å². The number of carbonyl (C=O) groups excluding carboxylic acids is 1. The minimum atomic E-state index is -0.376. The molecule has 4 rings (SSSR count). The summed E-state index contributed by atoms with van der Waals surface area (Å²) in [4.78, 5) is 17.4. The fraction of sp³-hybridized carbons (Fsp3) is 0.304. The number of methoxy groups -OCH3 is 1. The van der Waals surface area contributed by atoms with Crippen molar-refractivity contribution in [3.63, 3.8) is 0 Å². The predicted octanol–water partition coefficient (Wildman–Crippen LogP) is 4.03. The molecule has 0 unspecified atom stereocenters. The van der Waals surface area contributed by atoms with Crippen molar-refractivity contribution in [3.8, 4) is 5.75 Å². The van der Waals surface area contributed by atoms with Crippen LogP contribution in [0.4, 0.5) is 10.1 Å². The van der Waals surface area contributed by atoms with Crippen LogP contribution in [0.2, 0.25) is 0 Å². The van der Waals surface area contributed by atoms with Crippen molar-refractivity contribution in [2.24, 2.45) is 4.99 Å². The van der Waals surface area contributed by atoms with Gasteiger partial charge in [0.25, 0.3) is 5.91 Å². The minimum Gasteiger partial charge on any atom is -0.493 e. The molecule has 1 saturated heterocycles. The average molecular weight is 410 g/mol. The summed E-state index contributed by atoms with van der Waals surface area (Å²) in [6, 6.07) is 11.7. The number of nitrogens with one attached hydrogen (secondary N) is 1. The molecule has 6 nitrogen and oxygen atoms in total. The highest BCUT2D eigenvalue weighted by molar-refractivity contribution is 5.97.